The molecule has 0 spiro atoms. The lowest BCUT2D eigenvalue weighted by atomic mass is 9.94. The van der Waals surface area contributed by atoms with Crippen molar-refractivity contribution in [2.75, 3.05) is 25.9 Å². The van der Waals surface area contributed by atoms with Crippen LogP contribution < -0.4 is 10.5 Å². The molecular formula is C24H30N6O2S. The molecular weight excluding hydrogens is 436 g/mol. The van der Waals surface area contributed by atoms with E-state index in [0.29, 0.717) is 17.3 Å². The maximum Gasteiger partial charge on any atom is 0.209 e. The number of carbonyl (C=O) groups is 1. The highest BCUT2D eigenvalue weighted by molar-refractivity contribution is 7.99. The van der Waals surface area contributed by atoms with Gasteiger partial charge in [0.05, 0.1) is 12.0 Å². The maximum atomic E-state index is 11.0. The van der Waals surface area contributed by atoms with Crippen LogP contribution in [0.2, 0.25) is 0 Å². The second-order valence-electron chi connectivity index (χ2n) is 8.99. The first-order valence-corrected chi connectivity index (χ1v) is 12.4. The number of methoxy groups -OCH3 is 1. The Morgan fingerprint density at radius 1 is 1.24 bits per heavy atom. The third-order valence-electron chi connectivity index (χ3n) is 7.03. The number of amides is 1. The molecule has 174 valence electrons. The smallest absolute Gasteiger partial charge is 0.209 e. The number of hydrogen-bond donors (Lipinski definition) is 1. The van der Waals surface area contributed by atoms with Crippen LogP contribution in [0.25, 0.3) is 11.2 Å². The molecule has 3 heterocycles. The van der Waals surface area contributed by atoms with Crippen LogP contribution in [-0.4, -0.2) is 51.0 Å². The zero-order valence-corrected chi connectivity index (χ0v) is 20.0. The number of hydrogen-bond acceptors (Lipinski definition) is 7. The summed E-state index contributed by atoms with van der Waals surface area (Å²) in [5, 5.41) is 0.859. The Hall–Kier alpha value is -2.81. The molecule has 1 aliphatic carbocycles. The summed E-state index contributed by atoms with van der Waals surface area (Å²) in [5.41, 5.74) is 11.7. The Labute approximate surface area is 197 Å². The summed E-state index contributed by atoms with van der Waals surface area (Å²) in [6.45, 7) is 4.65. The van der Waals surface area contributed by atoms with Crippen molar-refractivity contribution in [3.05, 3.63) is 29.1 Å². The van der Waals surface area contributed by atoms with Crippen molar-refractivity contribution in [2.24, 2.45) is 5.92 Å². The monoisotopic (exact) mass is 466 g/mol. The van der Waals surface area contributed by atoms with Crippen molar-refractivity contribution < 1.29 is 9.53 Å². The predicted octanol–water partition coefficient (Wildman–Crippen LogP) is 3.62. The fourth-order valence-corrected chi connectivity index (χ4v) is 6.35. The van der Waals surface area contributed by atoms with Crippen LogP contribution in [0.1, 0.15) is 42.4 Å². The van der Waals surface area contributed by atoms with Gasteiger partial charge in [-0.05, 0) is 85.9 Å². The van der Waals surface area contributed by atoms with Crippen LogP contribution in [0.15, 0.2) is 22.4 Å². The molecule has 0 bridgehead atoms. The van der Waals surface area contributed by atoms with E-state index in [1.807, 2.05) is 4.90 Å². The summed E-state index contributed by atoms with van der Waals surface area (Å²) < 4.78 is 8.06. The van der Waals surface area contributed by atoms with E-state index in [1.54, 1.807) is 18.9 Å². The number of imidazole rings is 1. The highest BCUT2D eigenvalue weighted by Gasteiger charge is 2.25. The number of ether oxygens (including phenoxy) is 1. The van der Waals surface area contributed by atoms with Crippen LogP contribution in [0.5, 0.6) is 5.75 Å². The average Bonchev–Trinajstić information content (AvgIpc) is 3.45. The van der Waals surface area contributed by atoms with Gasteiger partial charge >= 0.3 is 0 Å². The van der Waals surface area contributed by atoms with Crippen molar-refractivity contribution in [1.29, 1.82) is 0 Å². The number of benzene rings is 1. The standard InChI is InChI=1S/C24H30N6O2S/c1-15-12-19(21(32-2)18-5-3-4-17(15)18)33-24-28-20-22(25)26-13-27-23(20)30(24)11-8-16-6-9-29(14-31)10-7-16/h12-14,16H,3-11H2,1-2H3,(H2,25,26,27). The fraction of sp³-hybridized carbons (Fsp3) is 0.500. The molecule has 2 N–H and O–H groups in total. The van der Waals surface area contributed by atoms with Crippen LogP contribution in [-0.2, 0) is 24.2 Å². The summed E-state index contributed by atoms with van der Waals surface area (Å²) in [6, 6.07) is 2.22. The second kappa shape index (κ2) is 9.21. The van der Waals surface area contributed by atoms with Crippen LogP contribution in [0, 0.1) is 12.8 Å². The molecule has 33 heavy (non-hydrogen) atoms. The summed E-state index contributed by atoms with van der Waals surface area (Å²) in [5.74, 6) is 1.95. The zero-order valence-electron chi connectivity index (χ0n) is 19.2. The molecule has 0 unspecified atom stereocenters. The molecule has 0 atom stereocenters. The van der Waals surface area contributed by atoms with Crippen molar-refractivity contribution in [2.45, 2.75) is 62.0 Å². The number of nitrogens with two attached hydrogens (primary N) is 1. The summed E-state index contributed by atoms with van der Waals surface area (Å²) in [4.78, 5) is 27.5. The largest absolute Gasteiger partial charge is 0.495 e. The topological polar surface area (TPSA) is 99.2 Å². The fourth-order valence-electron chi connectivity index (χ4n) is 5.20. The number of nitrogens with zero attached hydrogens (tertiary/aromatic N) is 5. The molecule has 8 nitrogen and oxygen atoms in total. The molecule has 1 aliphatic heterocycles. The van der Waals surface area contributed by atoms with Gasteiger partial charge in [-0.2, -0.15) is 0 Å². The number of aryl methyl sites for hydroxylation is 2. The normalized spacial score (nSPS) is 16.4. The van der Waals surface area contributed by atoms with E-state index in [-0.39, 0.29) is 0 Å². The number of fused-ring (bicyclic) bond motifs is 2. The predicted molar refractivity (Wildman–Crippen MR) is 129 cm³/mol. The Bertz CT molecular complexity index is 1190. The van der Waals surface area contributed by atoms with Gasteiger partial charge in [-0.3, -0.25) is 4.79 Å². The number of likely N-dealkylation sites (tertiary alicyclic amines) is 1. The number of rotatable bonds is 7. The lowest BCUT2D eigenvalue weighted by Crippen LogP contribution is -2.32. The van der Waals surface area contributed by atoms with Gasteiger partial charge in [0.1, 0.15) is 12.1 Å². The van der Waals surface area contributed by atoms with Crippen molar-refractivity contribution in [1.82, 2.24) is 24.4 Å². The Balaban J connectivity index is 1.47. The van der Waals surface area contributed by atoms with Gasteiger partial charge < -0.3 is 19.9 Å². The molecule has 1 saturated heterocycles. The van der Waals surface area contributed by atoms with E-state index in [9.17, 15) is 4.79 Å². The quantitative estimate of drug-likeness (QED) is 0.531. The Morgan fingerprint density at radius 2 is 2.03 bits per heavy atom. The molecule has 3 aromatic rings. The van der Waals surface area contributed by atoms with Gasteiger partial charge in [0.15, 0.2) is 22.1 Å². The van der Waals surface area contributed by atoms with Gasteiger partial charge in [-0.25, -0.2) is 15.0 Å². The molecule has 0 saturated carbocycles. The van der Waals surface area contributed by atoms with Crippen LogP contribution in [0.3, 0.4) is 0 Å². The SMILES string of the molecule is COc1c(Sc2nc3c(N)ncnc3n2CCC2CCN(C=O)CC2)cc(C)c2c1CCC2. The zero-order chi connectivity index (χ0) is 22.9. The Morgan fingerprint density at radius 3 is 2.79 bits per heavy atom. The first kappa shape index (κ1) is 22.0. The van der Waals surface area contributed by atoms with E-state index < -0.39 is 0 Å². The first-order valence-electron chi connectivity index (χ1n) is 11.6. The molecule has 5 rings (SSSR count). The minimum Gasteiger partial charge on any atom is -0.495 e. The van der Waals surface area contributed by atoms with E-state index in [0.717, 1.165) is 79.6 Å². The summed E-state index contributed by atoms with van der Waals surface area (Å²) >= 11 is 1.62. The summed E-state index contributed by atoms with van der Waals surface area (Å²) in [7, 11) is 1.76. The third kappa shape index (κ3) is 4.14. The number of aromatic nitrogens is 4. The first-order chi connectivity index (χ1) is 16.1. The number of anilines is 1. The van der Waals surface area contributed by atoms with E-state index in [2.05, 4.69) is 27.5 Å². The molecule has 2 aromatic heterocycles. The molecule has 1 amide bonds. The van der Waals surface area contributed by atoms with Crippen molar-refractivity contribution >= 4 is 35.2 Å². The molecule has 1 aromatic carbocycles. The highest BCUT2D eigenvalue weighted by Crippen LogP contribution is 2.43. The van der Waals surface area contributed by atoms with E-state index in [1.165, 1.54) is 29.4 Å². The number of piperidine rings is 1. The average molecular weight is 467 g/mol. The second-order valence-corrected chi connectivity index (χ2v) is 10.00. The molecule has 1 fully saturated rings. The maximum absolute atomic E-state index is 11.0. The molecule has 2 aliphatic rings. The van der Waals surface area contributed by atoms with Crippen LogP contribution >= 0.6 is 11.8 Å². The van der Waals surface area contributed by atoms with Crippen molar-refractivity contribution in [3.63, 3.8) is 0 Å². The lowest BCUT2D eigenvalue weighted by Gasteiger charge is -2.29. The van der Waals surface area contributed by atoms with E-state index >= 15 is 0 Å². The third-order valence-corrected chi connectivity index (χ3v) is 8.05. The highest BCUT2D eigenvalue weighted by atomic mass is 32.2. The number of carbonyl (C=O) groups excluding carboxylic acids is 1. The van der Waals surface area contributed by atoms with Gasteiger partial charge in [0.25, 0.3) is 0 Å². The molecule has 0 radical (unpaired) electrons. The van der Waals surface area contributed by atoms with Gasteiger partial charge in [-0.15, -0.1) is 0 Å². The molecule has 9 heteroatoms. The minimum atomic E-state index is 0.400. The van der Waals surface area contributed by atoms with Crippen molar-refractivity contribution in [3.8, 4) is 5.75 Å². The summed E-state index contributed by atoms with van der Waals surface area (Å²) in [6.07, 6.45) is 8.89. The lowest BCUT2D eigenvalue weighted by molar-refractivity contribution is -0.119. The Kier molecular flexibility index (Phi) is 6.14. The van der Waals surface area contributed by atoms with Crippen LogP contribution in [0.4, 0.5) is 5.82 Å². The van der Waals surface area contributed by atoms with Gasteiger partial charge in [-0.1, -0.05) is 0 Å². The van der Waals surface area contributed by atoms with Gasteiger partial charge in [0.2, 0.25) is 6.41 Å². The van der Waals surface area contributed by atoms with E-state index in [4.69, 9.17) is 15.5 Å². The number of nitrogen functional groups attached to an aromatic ring is 1. The minimum absolute atomic E-state index is 0.400. The van der Waals surface area contributed by atoms with Gasteiger partial charge in [0, 0.05) is 19.6 Å².